The van der Waals surface area contributed by atoms with Gasteiger partial charge in [-0.2, -0.15) is 0 Å². The molecule has 0 saturated heterocycles. The fourth-order valence-electron chi connectivity index (χ4n) is 6.31. The molecule has 12 nitrogen and oxygen atoms in total. The van der Waals surface area contributed by atoms with Crippen molar-refractivity contribution in [1.82, 2.24) is 19.9 Å². The number of alkyl halides is 1. The molecule has 0 saturated carbocycles. The molecule has 0 atom stereocenters. The van der Waals surface area contributed by atoms with Gasteiger partial charge in [-0.15, -0.1) is 0 Å². The van der Waals surface area contributed by atoms with Crippen molar-refractivity contribution in [1.29, 1.82) is 0 Å². The third-order valence-corrected chi connectivity index (χ3v) is 13.6. The van der Waals surface area contributed by atoms with Crippen LogP contribution < -0.4 is 5.32 Å². The van der Waals surface area contributed by atoms with E-state index >= 15 is 0 Å². The van der Waals surface area contributed by atoms with E-state index in [0.29, 0.717) is 28.7 Å². The molecule has 0 radical (unpaired) electrons. The van der Waals surface area contributed by atoms with Crippen LogP contribution in [0.3, 0.4) is 0 Å². The third kappa shape index (κ3) is 8.74. The molecular formula is C37H40IN5O7P2. The predicted octanol–water partition coefficient (Wildman–Crippen LogP) is 9.53. The van der Waals surface area contributed by atoms with Crippen molar-refractivity contribution in [2.45, 2.75) is 18.8 Å². The monoisotopic (exact) mass is 855 g/mol. The first-order valence-corrected chi connectivity index (χ1v) is 21.5. The lowest BCUT2D eigenvalue weighted by molar-refractivity contribution is -0.113. The van der Waals surface area contributed by atoms with Crippen molar-refractivity contribution in [2.75, 3.05) is 50.5 Å². The predicted molar refractivity (Wildman–Crippen MR) is 217 cm³/mol. The number of aromatic amines is 2. The minimum Gasteiger partial charge on any atom is -0.355 e. The summed E-state index contributed by atoms with van der Waals surface area (Å²) >= 11 is 2.04. The summed E-state index contributed by atoms with van der Waals surface area (Å²) in [6, 6.07) is 19.8. The molecular weight excluding hydrogens is 815 g/mol. The van der Waals surface area contributed by atoms with Crippen LogP contribution >= 0.6 is 37.8 Å². The van der Waals surface area contributed by atoms with Crippen LogP contribution in [0.15, 0.2) is 60.7 Å². The van der Waals surface area contributed by atoms with Crippen LogP contribution in [-0.4, -0.2) is 71.0 Å². The van der Waals surface area contributed by atoms with E-state index in [-0.39, 0.29) is 24.1 Å². The number of nitrogens with one attached hydrogen (secondary N) is 3. The van der Waals surface area contributed by atoms with Gasteiger partial charge in [0.15, 0.2) is 0 Å². The highest BCUT2D eigenvalue weighted by molar-refractivity contribution is 14.1. The molecule has 15 heteroatoms. The normalized spacial score (nSPS) is 12.9. The van der Waals surface area contributed by atoms with E-state index < -0.39 is 15.2 Å². The Morgan fingerprint density at radius 1 is 0.731 bits per heavy atom. The molecule has 2 aliphatic heterocycles. The fourth-order valence-corrected chi connectivity index (χ4v) is 8.79. The number of halogens is 1. The number of amides is 1. The number of benzene rings is 1. The Morgan fingerprint density at radius 2 is 1.21 bits per heavy atom. The molecule has 272 valence electrons. The summed E-state index contributed by atoms with van der Waals surface area (Å²) in [5.74, 6) is -0.367. The van der Waals surface area contributed by atoms with Gasteiger partial charge in [0, 0.05) is 67.3 Å². The summed E-state index contributed by atoms with van der Waals surface area (Å²) < 4.78 is 47.9. The Labute approximate surface area is 315 Å². The number of fused-ring (bicyclic) bond motifs is 8. The standard InChI is InChI=1S/C37H40IN5O7P2/c1-47-51(45,48-2)19-17-25(18-20-52(46,49-3)50-4)37-33-15-11-29(41-33)21-27-9-13-31(39-27)36(24-5-7-26(8-6-24)43-35(44)23-38)32-14-10-28(40-32)22-30-12-16-34(37)42-30/h5-16,21-22,25,39-40H,17-20,23H2,1-4H3,(H,43,44). The summed E-state index contributed by atoms with van der Waals surface area (Å²) in [7, 11) is -1.25. The maximum atomic E-state index is 13.2. The number of rotatable bonds is 14. The molecule has 0 unspecified atom stereocenters. The van der Waals surface area contributed by atoms with Crippen LogP contribution in [0.25, 0.3) is 57.5 Å². The van der Waals surface area contributed by atoms with E-state index in [1.807, 2.05) is 108 Å². The number of H-pyrrole nitrogens is 2. The largest absolute Gasteiger partial charge is 0.355 e. The lowest BCUT2D eigenvalue weighted by atomic mass is 9.91. The SMILES string of the molecule is COP(=O)(CCC(CCP(=O)(OC)OC)c1c2nc(cc3ccc([nH]3)c(-c3ccc(NC(=O)CI)cc3)c3ccc(cc4nc1C=C4)[nH]3)C=C2)OC. The van der Waals surface area contributed by atoms with Crippen molar-refractivity contribution in [2.24, 2.45) is 0 Å². The highest BCUT2D eigenvalue weighted by atomic mass is 127. The molecule has 2 aliphatic rings. The Kier molecular flexibility index (Phi) is 12.1. The van der Waals surface area contributed by atoms with Crippen molar-refractivity contribution < 1.29 is 32.0 Å². The molecule has 0 spiro atoms. The van der Waals surface area contributed by atoms with E-state index in [2.05, 4.69) is 15.3 Å². The van der Waals surface area contributed by atoms with Gasteiger partial charge in [0.05, 0.1) is 39.5 Å². The van der Waals surface area contributed by atoms with E-state index in [9.17, 15) is 13.9 Å². The molecule has 3 N–H and O–H groups in total. The molecule has 4 aromatic rings. The Balaban J connectivity index is 1.53. The van der Waals surface area contributed by atoms with Crippen molar-refractivity contribution in [3.63, 3.8) is 0 Å². The summed E-state index contributed by atoms with van der Waals surface area (Å²) in [5.41, 5.74) is 9.78. The van der Waals surface area contributed by atoms with Gasteiger partial charge in [0.1, 0.15) is 0 Å². The molecule has 1 aromatic carbocycles. The topological polar surface area (TPSA) is 158 Å². The molecule has 6 rings (SSSR count). The molecule has 0 aliphatic carbocycles. The number of carbonyl (C=O) groups is 1. The van der Waals surface area contributed by atoms with Crippen LogP contribution in [0.4, 0.5) is 5.69 Å². The molecule has 52 heavy (non-hydrogen) atoms. The average molecular weight is 856 g/mol. The number of nitrogens with zero attached hydrogens (tertiary/aromatic N) is 2. The van der Waals surface area contributed by atoms with Gasteiger partial charge in [-0.1, -0.05) is 34.7 Å². The van der Waals surface area contributed by atoms with E-state index in [0.717, 1.165) is 55.8 Å². The van der Waals surface area contributed by atoms with Crippen LogP contribution in [-0.2, 0) is 32.0 Å². The lowest BCUT2D eigenvalue weighted by Crippen LogP contribution is -2.11. The van der Waals surface area contributed by atoms with E-state index in [4.69, 9.17) is 28.1 Å². The minimum atomic E-state index is -3.37. The van der Waals surface area contributed by atoms with Crippen molar-refractivity contribution >= 4 is 95.7 Å². The van der Waals surface area contributed by atoms with Crippen molar-refractivity contribution in [3.8, 4) is 11.1 Å². The van der Waals surface area contributed by atoms with E-state index in [1.54, 1.807) is 0 Å². The number of aromatic nitrogens is 4. The first-order valence-electron chi connectivity index (χ1n) is 16.6. The van der Waals surface area contributed by atoms with Gasteiger partial charge in [-0.3, -0.25) is 13.9 Å². The second kappa shape index (κ2) is 16.6. The highest BCUT2D eigenvalue weighted by Gasteiger charge is 2.30. The van der Waals surface area contributed by atoms with Crippen LogP contribution in [0.2, 0.25) is 0 Å². The maximum Gasteiger partial charge on any atom is 0.330 e. The number of anilines is 1. The van der Waals surface area contributed by atoms with Crippen molar-refractivity contribution in [3.05, 3.63) is 89.0 Å². The molecule has 5 heterocycles. The summed E-state index contributed by atoms with van der Waals surface area (Å²) in [4.78, 5) is 29.2. The number of hydrogen-bond acceptors (Lipinski definition) is 9. The average Bonchev–Trinajstić information content (AvgIpc) is 4.00. The zero-order chi connectivity index (χ0) is 36.9. The van der Waals surface area contributed by atoms with Crippen LogP contribution in [0, 0.1) is 0 Å². The summed E-state index contributed by atoms with van der Waals surface area (Å²) in [6.45, 7) is 0. The molecule has 0 fully saturated rings. The fraction of sp³-hybridized carbons (Fsp3) is 0.270. The Hall–Kier alpha value is -3.68. The van der Waals surface area contributed by atoms with E-state index in [1.165, 1.54) is 28.4 Å². The third-order valence-electron chi connectivity index (χ3n) is 9.04. The van der Waals surface area contributed by atoms with Gasteiger partial charge in [-0.05, 0) is 97.2 Å². The second-order valence-electron chi connectivity index (χ2n) is 12.2. The number of carbonyl (C=O) groups excluding carboxylic acids is 1. The zero-order valence-corrected chi connectivity index (χ0v) is 33.2. The zero-order valence-electron chi connectivity index (χ0n) is 29.2. The van der Waals surface area contributed by atoms with Gasteiger partial charge in [-0.25, -0.2) is 9.97 Å². The second-order valence-corrected chi connectivity index (χ2v) is 17.7. The first kappa shape index (κ1) is 38.1. The molecule has 3 aromatic heterocycles. The minimum absolute atomic E-state index is 0.0559. The van der Waals surface area contributed by atoms with Gasteiger partial charge >= 0.3 is 15.2 Å². The Morgan fingerprint density at radius 3 is 1.65 bits per heavy atom. The van der Waals surface area contributed by atoms with Gasteiger partial charge in [0.2, 0.25) is 5.91 Å². The highest BCUT2D eigenvalue weighted by Crippen LogP contribution is 2.52. The molecule has 1 amide bonds. The van der Waals surface area contributed by atoms with Crippen LogP contribution in [0.5, 0.6) is 0 Å². The summed E-state index contributed by atoms with van der Waals surface area (Å²) in [6.07, 6.45) is 8.78. The number of hydrogen-bond donors (Lipinski definition) is 3. The van der Waals surface area contributed by atoms with Gasteiger partial charge < -0.3 is 33.4 Å². The first-order chi connectivity index (χ1) is 25.1. The molecule has 8 bridgehead atoms. The quantitative estimate of drug-likeness (QED) is 0.0552. The Bertz CT molecular complexity index is 2140. The van der Waals surface area contributed by atoms with Crippen LogP contribution in [0.1, 0.15) is 47.1 Å². The lowest BCUT2D eigenvalue weighted by Gasteiger charge is -2.23. The maximum absolute atomic E-state index is 13.2. The smallest absolute Gasteiger partial charge is 0.330 e. The summed E-state index contributed by atoms with van der Waals surface area (Å²) in [5, 5.41) is 2.91. The van der Waals surface area contributed by atoms with Gasteiger partial charge in [0.25, 0.3) is 0 Å².